The molecule has 1 amide bonds. The van der Waals surface area contributed by atoms with E-state index in [9.17, 15) is 4.79 Å². The Morgan fingerprint density at radius 1 is 1.19 bits per heavy atom. The Hall–Kier alpha value is -2.47. The Morgan fingerprint density at radius 3 is 2.74 bits per heavy atom. The first-order valence-electron chi connectivity index (χ1n) is 9.36. The largest absolute Gasteiger partial charge is 0.355 e. The van der Waals surface area contributed by atoms with Gasteiger partial charge in [-0.05, 0) is 48.9 Å². The number of hydrogen-bond acceptors (Lipinski definition) is 4. The van der Waals surface area contributed by atoms with Crippen LogP contribution in [-0.4, -0.2) is 32.0 Å². The lowest BCUT2D eigenvalue weighted by molar-refractivity contribution is -0.126. The van der Waals surface area contributed by atoms with Gasteiger partial charge in [0.2, 0.25) is 5.91 Å². The number of aryl methyl sites for hydroxylation is 1. The number of carbonyl (C=O) groups excluding carboxylic acids is 1. The highest BCUT2D eigenvalue weighted by Gasteiger charge is 2.42. The molecule has 2 aromatic heterocycles. The van der Waals surface area contributed by atoms with Crippen LogP contribution in [0.2, 0.25) is 5.02 Å². The lowest BCUT2D eigenvalue weighted by Gasteiger charge is -2.28. The van der Waals surface area contributed by atoms with Gasteiger partial charge in [0.25, 0.3) is 5.78 Å². The second-order valence-corrected chi connectivity index (χ2v) is 7.56. The SMILES string of the molecule is O=C(NCCCc1cnc2ncnn2c1)C1(c2ccc(Cl)cc2)CCCC1. The molecule has 2 heterocycles. The van der Waals surface area contributed by atoms with Crippen LogP contribution < -0.4 is 5.32 Å². The van der Waals surface area contributed by atoms with E-state index >= 15 is 0 Å². The number of nitrogens with one attached hydrogen (secondary N) is 1. The summed E-state index contributed by atoms with van der Waals surface area (Å²) in [5.41, 5.74) is 1.74. The van der Waals surface area contributed by atoms with Gasteiger partial charge in [-0.2, -0.15) is 10.1 Å². The first-order valence-corrected chi connectivity index (χ1v) is 9.74. The second-order valence-electron chi connectivity index (χ2n) is 7.12. The number of hydrogen-bond donors (Lipinski definition) is 1. The molecule has 1 aliphatic carbocycles. The van der Waals surface area contributed by atoms with Crippen LogP contribution in [-0.2, 0) is 16.6 Å². The minimum Gasteiger partial charge on any atom is -0.355 e. The van der Waals surface area contributed by atoms with Gasteiger partial charge in [0.1, 0.15) is 6.33 Å². The molecular formula is C20H22ClN5O. The number of nitrogens with zero attached hydrogens (tertiary/aromatic N) is 4. The fourth-order valence-corrected chi connectivity index (χ4v) is 4.07. The molecule has 0 unspecified atom stereocenters. The van der Waals surface area contributed by atoms with Gasteiger partial charge < -0.3 is 5.32 Å². The molecule has 0 aliphatic heterocycles. The molecule has 0 bridgehead atoms. The van der Waals surface area contributed by atoms with Crippen LogP contribution in [0.4, 0.5) is 0 Å². The quantitative estimate of drug-likeness (QED) is 0.662. The summed E-state index contributed by atoms with van der Waals surface area (Å²) in [6.45, 7) is 0.642. The Bertz CT molecular complexity index is 931. The summed E-state index contributed by atoms with van der Waals surface area (Å²) in [6, 6.07) is 7.73. The zero-order valence-corrected chi connectivity index (χ0v) is 15.8. The number of rotatable bonds is 6. The fourth-order valence-electron chi connectivity index (χ4n) is 3.95. The molecule has 1 aliphatic rings. The number of aromatic nitrogens is 4. The molecule has 1 fully saturated rings. The third kappa shape index (κ3) is 3.67. The van der Waals surface area contributed by atoms with E-state index in [1.165, 1.54) is 6.33 Å². The van der Waals surface area contributed by atoms with Crippen LogP contribution in [0, 0.1) is 0 Å². The van der Waals surface area contributed by atoms with Crippen LogP contribution in [0.25, 0.3) is 5.78 Å². The average molecular weight is 384 g/mol. The van der Waals surface area contributed by atoms with Crippen molar-refractivity contribution in [2.75, 3.05) is 6.54 Å². The number of fused-ring (bicyclic) bond motifs is 1. The summed E-state index contributed by atoms with van der Waals surface area (Å²) in [5.74, 6) is 0.727. The van der Waals surface area contributed by atoms with Crippen molar-refractivity contribution >= 4 is 23.3 Å². The molecule has 27 heavy (non-hydrogen) atoms. The van der Waals surface area contributed by atoms with E-state index in [1.807, 2.05) is 36.7 Å². The van der Waals surface area contributed by atoms with E-state index in [2.05, 4.69) is 20.4 Å². The molecule has 0 atom stereocenters. The maximum absolute atomic E-state index is 13.0. The number of carbonyl (C=O) groups is 1. The smallest absolute Gasteiger partial charge is 0.252 e. The van der Waals surface area contributed by atoms with Crippen molar-refractivity contribution in [3.63, 3.8) is 0 Å². The molecule has 1 saturated carbocycles. The fraction of sp³-hybridized carbons (Fsp3) is 0.400. The van der Waals surface area contributed by atoms with Crippen molar-refractivity contribution in [1.29, 1.82) is 0 Å². The third-order valence-corrected chi connectivity index (χ3v) is 5.66. The maximum Gasteiger partial charge on any atom is 0.252 e. The standard InChI is InChI=1S/C20H22ClN5O/c21-17-7-5-16(6-8-17)20(9-1-2-10-20)18(27)22-11-3-4-15-12-23-19-24-14-25-26(19)13-15/h5-8,12-14H,1-4,9-11H2,(H,22,27). The molecular weight excluding hydrogens is 362 g/mol. The minimum absolute atomic E-state index is 0.132. The summed E-state index contributed by atoms with van der Waals surface area (Å²) in [7, 11) is 0. The van der Waals surface area contributed by atoms with Gasteiger partial charge in [0, 0.05) is 24.0 Å². The molecule has 4 rings (SSSR count). The molecule has 140 valence electrons. The summed E-state index contributed by atoms with van der Waals surface area (Å²) in [4.78, 5) is 21.3. The van der Waals surface area contributed by atoms with Gasteiger partial charge >= 0.3 is 0 Å². The summed E-state index contributed by atoms with van der Waals surface area (Å²) in [6.07, 6.45) is 10.9. The molecule has 7 heteroatoms. The maximum atomic E-state index is 13.0. The van der Waals surface area contributed by atoms with E-state index < -0.39 is 5.41 Å². The highest BCUT2D eigenvalue weighted by Crippen LogP contribution is 2.41. The summed E-state index contributed by atoms with van der Waals surface area (Å²) < 4.78 is 1.67. The van der Waals surface area contributed by atoms with Crippen molar-refractivity contribution in [1.82, 2.24) is 24.9 Å². The number of halogens is 1. The van der Waals surface area contributed by atoms with Gasteiger partial charge in [-0.25, -0.2) is 9.50 Å². The van der Waals surface area contributed by atoms with Crippen LogP contribution in [0.1, 0.15) is 43.2 Å². The van der Waals surface area contributed by atoms with E-state index in [-0.39, 0.29) is 5.91 Å². The van der Waals surface area contributed by atoms with Crippen LogP contribution in [0.5, 0.6) is 0 Å². The Labute approximate surface area is 163 Å². The van der Waals surface area contributed by atoms with Crippen LogP contribution in [0.3, 0.4) is 0 Å². The summed E-state index contributed by atoms with van der Waals surface area (Å²) in [5, 5.41) is 7.95. The van der Waals surface area contributed by atoms with E-state index in [0.29, 0.717) is 17.3 Å². The van der Waals surface area contributed by atoms with Gasteiger partial charge in [0.15, 0.2) is 0 Å². The van der Waals surface area contributed by atoms with Crippen molar-refractivity contribution < 1.29 is 4.79 Å². The third-order valence-electron chi connectivity index (χ3n) is 5.40. The second kappa shape index (κ2) is 7.64. The molecule has 0 spiro atoms. The van der Waals surface area contributed by atoms with E-state index in [4.69, 9.17) is 11.6 Å². The Kier molecular flexibility index (Phi) is 5.07. The molecule has 1 N–H and O–H groups in total. The van der Waals surface area contributed by atoms with Crippen molar-refractivity contribution in [2.45, 2.75) is 43.9 Å². The zero-order valence-electron chi connectivity index (χ0n) is 15.1. The van der Waals surface area contributed by atoms with Crippen LogP contribution in [0.15, 0.2) is 43.0 Å². The predicted octanol–water partition coefficient (Wildman–Crippen LogP) is 3.34. The molecule has 3 aromatic rings. The first-order chi connectivity index (χ1) is 13.2. The highest BCUT2D eigenvalue weighted by molar-refractivity contribution is 6.30. The molecule has 6 nitrogen and oxygen atoms in total. The topological polar surface area (TPSA) is 72.2 Å². The zero-order chi connectivity index (χ0) is 18.7. The van der Waals surface area contributed by atoms with Crippen molar-refractivity contribution in [2.24, 2.45) is 0 Å². The predicted molar refractivity (Wildman–Crippen MR) is 104 cm³/mol. The van der Waals surface area contributed by atoms with Crippen molar-refractivity contribution in [3.8, 4) is 0 Å². The normalized spacial score (nSPS) is 15.9. The van der Waals surface area contributed by atoms with Gasteiger partial charge in [-0.3, -0.25) is 4.79 Å². The van der Waals surface area contributed by atoms with E-state index in [1.54, 1.807) is 4.52 Å². The van der Waals surface area contributed by atoms with Gasteiger partial charge in [0.05, 0.1) is 5.41 Å². The first kappa shape index (κ1) is 17.9. The Balaban J connectivity index is 1.36. The van der Waals surface area contributed by atoms with Gasteiger partial charge in [-0.15, -0.1) is 0 Å². The average Bonchev–Trinajstić information content (AvgIpc) is 3.35. The lowest BCUT2D eigenvalue weighted by atomic mass is 9.78. The van der Waals surface area contributed by atoms with Gasteiger partial charge in [-0.1, -0.05) is 36.6 Å². The van der Waals surface area contributed by atoms with Crippen molar-refractivity contribution in [3.05, 3.63) is 59.1 Å². The number of amides is 1. The minimum atomic E-state index is -0.411. The van der Waals surface area contributed by atoms with E-state index in [0.717, 1.165) is 49.7 Å². The highest BCUT2D eigenvalue weighted by atomic mass is 35.5. The number of benzene rings is 1. The summed E-state index contributed by atoms with van der Waals surface area (Å²) >= 11 is 6.02. The molecule has 1 aromatic carbocycles. The monoisotopic (exact) mass is 383 g/mol. The van der Waals surface area contributed by atoms with Crippen LogP contribution >= 0.6 is 11.6 Å². The Morgan fingerprint density at radius 2 is 1.96 bits per heavy atom. The molecule has 0 radical (unpaired) electrons. The molecule has 0 saturated heterocycles. The lowest BCUT2D eigenvalue weighted by Crippen LogP contribution is -2.43.